The van der Waals surface area contributed by atoms with Crippen molar-refractivity contribution in [3.63, 3.8) is 0 Å². The number of nitrogens with zero attached hydrogens (tertiary/aromatic N) is 4. The Morgan fingerprint density at radius 3 is 2.44 bits per heavy atom. The molecule has 1 saturated heterocycles. The second kappa shape index (κ2) is 12.9. The Kier molecular flexibility index (Phi) is 9.60. The van der Waals surface area contributed by atoms with Crippen LogP contribution in [0.25, 0.3) is 0 Å². The van der Waals surface area contributed by atoms with Gasteiger partial charge in [0, 0.05) is 75.7 Å². The number of hydrogen-bond donors (Lipinski definition) is 1. The highest BCUT2D eigenvalue weighted by atomic mass is 32.2. The third-order valence-electron chi connectivity index (χ3n) is 9.46. The summed E-state index contributed by atoms with van der Waals surface area (Å²) in [5, 5.41) is 3.24. The van der Waals surface area contributed by atoms with E-state index in [0.717, 1.165) is 69.7 Å². The predicted octanol–water partition coefficient (Wildman–Crippen LogP) is 4.73. The molecule has 3 heterocycles. The number of amides is 1. The van der Waals surface area contributed by atoms with Gasteiger partial charge in [0.05, 0.1) is 16.5 Å². The van der Waals surface area contributed by atoms with Crippen molar-refractivity contribution in [1.82, 2.24) is 24.0 Å². The third-order valence-corrected chi connectivity index (χ3v) is 11.3. The van der Waals surface area contributed by atoms with Crippen molar-refractivity contribution in [2.24, 2.45) is 5.92 Å². The van der Waals surface area contributed by atoms with E-state index in [9.17, 15) is 26.4 Å². The maximum absolute atomic E-state index is 13.8. The fraction of sp³-hybridized carbons (Fsp3) is 0.645. The van der Waals surface area contributed by atoms with E-state index in [4.69, 9.17) is 0 Å². The summed E-state index contributed by atoms with van der Waals surface area (Å²) in [4.78, 5) is 18.0. The summed E-state index contributed by atoms with van der Waals surface area (Å²) in [5.41, 5.74) is -0.272. The zero-order chi connectivity index (χ0) is 30.9. The molecule has 3 aliphatic rings. The molecule has 238 valence electrons. The minimum absolute atomic E-state index is 0.0711. The molecule has 2 aromatic rings. The van der Waals surface area contributed by atoms with Crippen LogP contribution in [0.15, 0.2) is 47.5 Å². The van der Waals surface area contributed by atoms with Gasteiger partial charge in [-0.05, 0) is 75.8 Å². The van der Waals surface area contributed by atoms with Crippen molar-refractivity contribution in [1.29, 1.82) is 0 Å². The standard InChI is InChI=1S/C31H44F3N5O3S/c1-22(2)36-13-15-37(16-14-36)26-9-5-8-25(21-26)35-29(40)19-23(3)30-28-11-6-12-38(28)17-18-39(30)43(41,42)27-10-4-7-24(20-27)31(32,33)34/h4,6-7,10-12,20,22-23,25-26,30H,5,8-9,13-19,21H2,1-3H3,(H,35,40). The maximum Gasteiger partial charge on any atom is 0.416 e. The number of rotatable bonds is 8. The Balaban J connectivity index is 1.27. The monoisotopic (exact) mass is 623 g/mol. The number of carbonyl (C=O) groups excluding carboxylic acids is 1. The van der Waals surface area contributed by atoms with Crippen LogP contribution in [0.1, 0.15) is 70.2 Å². The highest BCUT2D eigenvalue weighted by molar-refractivity contribution is 7.89. The van der Waals surface area contributed by atoms with Crippen molar-refractivity contribution >= 4 is 15.9 Å². The van der Waals surface area contributed by atoms with Gasteiger partial charge >= 0.3 is 6.18 Å². The third kappa shape index (κ3) is 7.13. The number of alkyl halides is 3. The molecule has 1 amide bonds. The van der Waals surface area contributed by atoms with Crippen LogP contribution >= 0.6 is 0 Å². The number of carbonyl (C=O) groups is 1. The van der Waals surface area contributed by atoms with Crippen LogP contribution in [0, 0.1) is 5.92 Å². The number of piperazine rings is 1. The number of fused-ring (bicyclic) bond motifs is 1. The van der Waals surface area contributed by atoms with Gasteiger partial charge < -0.3 is 9.88 Å². The van der Waals surface area contributed by atoms with E-state index in [1.54, 1.807) is 0 Å². The van der Waals surface area contributed by atoms with Crippen molar-refractivity contribution in [3.8, 4) is 0 Å². The molecule has 1 saturated carbocycles. The van der Waals surface area contributed by atoms with E-state index in [1.807, 2.05) is 29.8 Å². The van der Waals surface area contributed by atoms with E-state index < -0.39 is 38.6 Å². The molecule has 1 aromatic heterocycles. The van der Waals surface area contributed by atoms with Crippen molar-refractivity contribution in [2.45, 2.75) is 94.7 Å². The summed E-state index contributed by atoms with van der Waals surface area (Å²) in [6, 6.07) is 7.92. The average Bonchev–Trinajstić information content (AvgIpc) is 3.45. The summed E-state index contributed by atoms with van der Waals surface area (Å²) in [7, 11) is -4.27. The lowest BCUT2D eigenvalue weighted by atomic mass is 9.88. The molecule has 0 radical (unpaired) electrons. The zero-order valence-corrected chi connectivity index (χ0v) is 26.1. The molecule has 4 atom stereocenters. The smallest absolute Gasteiger partial charge is 0.353 e. The average molecular weight is 624 g/mol. The van der Waals surface area contributed by atoms with E-state index in [1.165, 1.54) is 10.4 Å². The van der Waals surface area contributed by atoms with Gasteiger partial charge in [-0.25, -0.2) is 8.42 Å². The van der Waals surface area contributed by atoms with E-state index in [-0.39, 0.29) is 24.9 Å². The van der Waals surface area contributed by atoms with Crippen LogP contribution in [-0.4, -0.2) is 83.8 Å². The Morgan fingerprint density at radius 1 is 1.00 bits per heavy atom. The molecule has 0 bridgehead atoms. The summed E-state index contributed by atoms with van der Waals surface area (Å²) in [6.45, 7) is 11.0. The number of benzene rings is 1. The quantitative estimate of drug-likeness (QED) is 0.460. The highest BCUT2D eigenvalue weighted by Gasteiger charge is 2.41. The molecule has 12 heteroatoms. The highest BCUT2D eigenvalue weighted by Crippen LogP contribution is 2.39. The van der Waals surface area contributed by atoms with Crippen molar-refractivity contribution in [2.75, 3.05) is 32.7 Å². The van der Waals surface area contributed by atoms with Crippen LogP contribution in [0.4, 0.5) is 13.2 Å². The van der Waals surface area contributed by atoms with Gasteiger partial charge in [0.1, 0.15) is 0 Å². The van der Waals surface area contributed by atoms with Crippen LogP contribution in [0.3, 0.4) is 0 Å². The first-order valence-electron chi connectivity index (χ1n) is 15.5. The Labute approximate surface area is 253 Å². The summed E-state index contributed by atoms with van der Waals surface area (Å²) in [5.74, 6) is -0.527. The number of aromatic nitrogens is 1. The van der Waals surface area contributed by atoms with Crippen molar-refractivity contribution < 1.29 is 26.4 Å². The summed E-state index contributed by atoms with van der Waals surface area (Å²) < 4.78 is 71.1. The molecule has 43 heavy (non-hydrogen) atoms. The number of sulfonamides is 1. The number of halogens is 3. The molecule has 5 rings (SSSR count). The normalized spacial score (nSPS) is 25.4. The van der Waals surface area contributed by atoms with Crippen LogP contribution < -0.4 is 5.32 Å². The molecular weight excluding hydrogens is 579 g/mol. The molecule has 1 N–H and O–H groups in total. The van der Waals surface area contributed by atoms with Gasteiger partial charge in [0.25, 0.3) is 0 Å². The van der Waals surface area contributed by atoms with Crippen LogP contribution in [0.2, 0.25) is 0 Å². The molecule has 0 spiro atoms. The van der Waals surface area contributed by atoms with Gasteiger partial charge in [0.15, 0.2) is 0 Å². The topological polar surface area (TPSA) is 77.9 Å². The second-order valence-corrected chi connectivity index (χ2v) is 14.5. The SMILES string of the molecule is CC(CC(=O)NC1CCCC(N2CCN(C(C)C)CC2)C1)C1c2cccn2CCN1S(=O)(=O)c1cccc(C(F)(F)F)c1. The first-order valence-corrected chi connectivity index (χ1v) is 16.9. The van der Waals surface area contributed by atoms with Crippen LogP contribution in [-0.2, 0) is 27.5 Å². The Bertz CT molecular complexity index is 1370. The number of hydrogen-bond acceptors (Lipinski definition) is 5. The van der Waals surface area contributed by atoms with Gasteiger partial charge in [-0.3, -0.25) is 14.6 Å². The molecule has 2 fully saturated rings. The molecule has 1 aliphatic carbocycles. The first kappa shape index (κ1) is 32.0. The minimum atomic E-state index is -4.66. The second-order valence-electron chi connectivity index (χ2n) is 12.6. The largest absolute Gasteiger partial charge is 0.416 e. The van der Waals surface area contributed by atoms with Gasteiger partial charge in [-0.1, -0.05) is 13.0 Å². The first-order chi connectivity index (χ1) is 20.3. The fourth-order valence-corrected chi connectivity index (χ4v) is 8.88. The van der Waals surface area contributed by atoms with Gasteiger partial charge in [-0.15, -0.1) is 0 Å². The summed E-state index contributed by atoms with van der Waals surface area (Å²) >= 11 is 0. The minimum Gasteiger partial charge on any atom is -0.353 e. The Hall–Kier alpha value is -2.41. The van der Waals surface area contributed by atoms with Gasteiger partial charge in [0.2, 0.25) is 15.9 Å². The van der Waals surface area contributed by atoms with E-state index in [2.05, 4.69) is 29.0 Å². The molecular formula is C31H44F3N5O3S. The molecule has 4 unspecified atom stereocenters. The fourth-order valence-electron chi connectivity index (χ4n) is 7.14. The van der Waals surface area contributed by atoms with Crippen LogP contribution in [0.5, 0.6) is 0 Å². The lowest BCUT2D eigenvalue weighted by molar-refractivity contribution is -0.137. The van der Waals surface area contributed by atoms with Gasteiger partial charge in [-0.2, -0.15) is 17.5 Å². The number of nitrogens with one attached hydrogen (secondary N) is 1. The maximum atomic E-state index is 13.8. The van der Waals surface area contributed by atoms with Crippen molar-refractivity contribution in [3.05, 3.63) is 53.9 Å². The zero-order valence-electron chi connectivity index (χ0n) is 25.3. The molecule has 2 aliphatic heterocycles. The molecule has 1 aromatic carbocycles. The molecule has 8 nitrogen and oxygen atoms in total. The van der Waals surface area contributed by atoms with E-state index in [0.29, 0.717) is 24.7 Å². The van der Waals surface area contributed by atoms with E-state index >= 15 is 0 Å². The summed E-state index contributed by atoms with van der Waals surface area (Å²) in [6.07, 6.45) is 1.33. The lowest BCUT2D eigenvalue weighted by Gasteiger charge is -2.43. The predicted molar refractivity (Wildman–Crippen MR) is 159 cm³/mol. The lowest BCUT2D eigenvalue weighted by Crippen LogP contribution is -2.54. The Morgan fingerprint density at radius 2 is 1.74 bits per heavy atom.